The summed E-state index contributed by atoms with van der Waals surface area (Å²) in [6.45, 7) is 6.62. The van der Waals surface area contributed by atoms with Crippen molar-refractivity contribution in [3.05, 3.63) is 0 Å². The number of likely N-dealkylation sites (tertiary alicyclic amines) is 1. The number of hydrogen-bond donors (Lipinski definition) is 4. The lowest BCUT2D eigenvalue weighted by Gasteiger charge is -2.43. The predicted molar refractivity (Wildman–Crippen MR) is 109 cm³/mol. The minimum atomic E-state index is -2.27. The molecule has 0 amide bonds. The van der Waals surface area contributed by atoms with Crippen LogP contribution in [0.2, 0.25) is 0 Å². The summed E-state index contributed by atoms with van der Waals surface area (Å²) in [7, 11) is 0. The minimum absolute atomic E-state index is 0.0816. The Hall–Kier alpha value is -2.35. The highest BCUT2D eigenvalue weighted by molar-refractivity contribution is 5.93. The first-order valence-corrected chi connectivity index (χ1v) is 10.6. The first-order valence-electron chi connectivity index (χ1n) is 10.6. The number of carboxylic acids is 2. The molecule has 0 radical (unpaired) electrons. The molecule has 0 bridgehead atoms. The van der Waals surface area contributed by atoms with E-state index in [1.165, 1.54) is 12.1 Å². The van der Waals surface area contributed by atoms with E-state index in [2.05, 4.69) is 17.9 Å². The van der Waals surface area contributed by atoms with Crippen molar-refractivity contribution in [3.63, 3.8) is 0 Å². The highest BCUT2D eigenvalue weighted by Crippen LogP contribution is 2.46. The maximum Gasteiger partial charge on any atom is 0.335 e. The minimum Gasteiger partial charge on any atom is -0.479 e. The molecule has 0 aromatic rings. The van der Waals surface area contributed by atoms with Gasteiger partial charge in [0.15, 0.2) is 18.0 Å². The number of carbonyl (C=O) groups excluding carboxylic acids is 1. The number of carboxylic acid groups (broad SMARTS) is 2. The van der Waals surface area contributed by atoms with Crippen LogP contribution < -0.4 is 0 Å². The summed E-state index contributed by atoms with van der Waals surface area (Å²) in [6, 6.07) is 2.21. The summed E-state index contributed by atoms with van der Waals surface area (Å²) >= 11 is 0. The fraction of sp³-hybridized carbons (Fsp3) is 0.762. The number of aliphatic imine (C=N–C) groups is 1. The second kappa shape index (κ2) is 10.8. The number of Topliss-reactive ketones (excluding diaryl/α,β-unsaturated/α-hetero) is 1. The standard InChI is InChI=1S/C17H25N3O.C4H6O6/c1-3-13-14-4-5-16(11(2)21)19-17(14)8-12-9-20(7-6-18)10-15(12)13;5-1(3(7)8)2(6)4(9)10/h12-16H,3-5,7-10H2,1-2H3;1-2,5-6H,(H,7,8)(H,9,10). The van der Waals surface area contributed by atoms with Gasteiger partial charge in [-0.3, -0.25) is 14.7 Å². The first-order chi connectivity index (χ1) is 14.6. The molecule has 0 aromatic carbocycles. The van der Waals surface area contributed by atoms with Gasteiger partial charge in [-0.2, -0.15) is 5.26 Å². The topological polar surface area (TPSA) is 172 Å². The molecule has 1 saturated heterocycles. The Bertz CT molecular complexity index is 745. The molecule has 0 aromatic heterocycles. The summed E-state index contributed by atoms with van der Waals surface area (Å²) in [4.78, 5) is 38.3. The highest BCUT2D eigenvalue weighted by atomic mass is 16.4. The van der Waals surface area contributed by atoms with Crippen molar-refractivity contribution in [1.29, 1.82) is 5.26 Å². The SMILES string of the molecule is CCC1C2CCC(C(C)=O)N=C2CC2CN(CC#N)CC21.O=C(O)C(O)C(O)C(=O)O. The fourth-order valence-corrected chi connectivity index (χ4v) is 5.17. The lowest BCUT2D eigenvalue weighted by molar-refractivity contribution is -0.165. The number of ketones is 1. The third kappa shape index (κ3) is 5.87. The van der Waals surface area contributed by atoms with E-state index in [0.717, 1.165) is 38.3 Å². The van der Waals surface area contributed by atoms with Gasteiger partial charge in [0.2, 0.25) is 0 Å². The number of rotatable bonds is 6. The van der Waals surface area contributed by atoms with Crippen LogP contribution in [-0.2, 0) is 14.4 Å². The van der Waals surface area contributed by atoms with Crippen LogP contribution in [0.25, 0.3) is 0 Å². The van der Waals surface area contributed by atoms with Crippen molar-refractivity contribution in [1.82, 2.24) is 4.90 Å². The molecule has 2 fully saturated rings. The molecule has 1 saturated carbocycles. The number of hydrogen-bond acceptors (Lipinski definition) is 8. The van der Waals surface area contributed by atoms with E-state index < -0.39 is 24.1 Å². The normalized spacial score (nSPS) is 31.6. The zero-order valence-electron chi connectivity index (χ0n) is 17.8. The van der Waals surface area contributed by atoms with Gasteiger partial charge in [0.25, 0.3) is 0 Å². The number of nitriles is 1. The summed E-state index contributed by atoms with van der Waals surface area (Å²) in [5, 5.41) is 41.5. The third-order valence-electron chi connectivity index (χ3n) is 6.65. The van der Waals surface area contributed by atoms with E-state index in [-0.39, 0.29) is 11.8 Å². The number of nitrogens with zero attached hydrogens (tertiary/aromatic N) is 3. The summed E-state index contributed by atoms with van der Waals surface area (Å²) in [5.41, 5.74) is 1.31. The molecule has 10 nitrogen and oxygen atoms in total. The largest absolute Gasteiger partial charge is 0.479 e. The fourth-order valence-electron chi connectivity index (χ4n) is 5.17. The Labute approximate surface area is 181 Å². The number of carbonyl (C=O) groups is 3. The van der Waals surface area contributed by atoms with Crippen molar-refractivity contribution in [2.24, 2.45) is 28.7 Å². The van der Waals surface area contributed by atoms with Gasteiger partial charge >= 0.3 is 11.9 Å². The Balaban J connectivity index is 0.000000291. The van der Waals surface area contributed by atoms with Gasteiger partial charge in [0.05, 0.1) is 12.6 Å². The first kappa shape index (κ1) is 24.9. The van der Waals surface area contributed by atoms with E-state index in [1.807, 2.05) is 0 Å². The van der Waals surface area contributed by atoms with Crippen LogP contribution in [0.5, 0.6) is 0 Å². The molecule has 2 heterocycles. The van der Waals surface area contributed by atoms with Crippen LogP contribution in [-0.4, -0.2) is 86.6 Å². The van der Waals surface area contributed by atoms with Crippen LogP contribution in [0, 0.1) is 35.0 Å². The molecule has 0 spiro atoms. The van der Waals surface area contributed by atoms with Gasteiger partial charge in [-0.25, -0.2) is 9.59 Å². The molecule has 10 heteroatoms. The van der Waals surface area contributed by atoms with Gasteiger partial charge in [-0.05, 0) is 43.9 Å². The molecule has 4 N–H and O–H groups in total. The highest BCUT2D eigenvalue weighted by Gasteiger charge is 2.47. The van der Waals surface area contributed by atoms with Gasteiger partial charge < -0.3 is 20.4 Å². The van der Waals surface area contributed by atoms with Crippen LogP contribution >= 0.6 is 0 Å². The van der Waals surface area contributed by atoms with Crippen molar-refractivity contribution >= 4 is 23.4 Å². The summed E-state index contributed by atoms with van der Waals surface area (Å²) in [6.07, 6.45) is -0.231. The number of aliphatic hydroxyl groups is 2. The third-order valence-corrected chi connectivity index (χ3v) is 6.65. The smallest absolute Gasteiger partial charge is 0.335 e. The molecule has 7 unspecified atom stereocenters. The van der Waals surface area contributed by atoms with Crippen molar-refractivity contribution in [2.75, 3.05) is 19.6 Å². The van der Waals surface area contributed by atoms with Crippen molar-refractivity contribution < 1.29 is 34.8 Å². The summed E-state index contributed by atoms with van der Waals surface area (Å²) < 4.78 is 0. The van der Waals surface area contributed by atoms with Gasteiger partial charge in [-0.15, -0.1) is 0 Å². The van der Waals surface area contributed by atoms with Crippen molar-refractivity contribution in [3.8, 4) is 6.07 Å². The predicted octanol–water partition coefficient (Wildman–Crippen LogP) is 0.174. The Morgan fingerprint density at radius 3 is 2.26 bits per heavy atom. The Kier molecular flexibility index (Phi) is 8.68. The van der Waals surface area contributed by atoms with Crippen molar-refractivity contribution in [2.45, 2.75) is 57.8 Å². The monoisotopic (exact) mass is 437 g/mol. The Morgan fingerprint density at radius 2 is 1.77 bits per heavy atom. The number of fused-ring (bicyclic) bond motifs is 2. The molecule has 3 aliphatic rings. The molecular weight excluding hydrogens is 406 g/mol. The molecule has 31 heavy (non-hydrogen) atoms. The maximum absolute atomic E-state index is 11.6. The van der Waals surface area contributed by atoms with Gasteiger partial charge in [-0.1, -0.05) is 13.3 Å². The quantitative estimate of drug-likeness (QED) is 0.423. The van der Waals surface area contributed by atoms with Crippen LogP contribution in [0.15, 0.2) is 4.99 Å². The second-order valence-corrected chi connectivity index (χ2v) is 8.55. The second-order valence-electron chi connectivity index (χ2n) is 8.55. The molecule has 7 atom stereocenters. The number of aliphatic hydroxyl groups excluding tert-OH is 2. The van der Waals surface area contributed by atoms with E-state index in [0.29, 0.717) is 24.3 Å². The maximum atomic E-state index is 11.6. The average Bonchev–Trinajstić information content (AvgIpc) is 3.12. The molecule has 2 aliphatic heterocycles. The molecule has 172 valence electrons. The van der Waals surface area contributed by atoms with Crippen LogP contribution in [0.3, 0.4) is 0 Å². The lowest BCUT2D eigenvalue weighted by atomic mass is 9.63. The zero-order chi connectivity index (χ0) is 23.3. The lowest BCUT2D eigenvalue weighted by Crippen LogP contribution is -2.43. The van der Waals surface area contributed by atoms with E-state index in [1.54, 1.807) is 6.92 Å². The van der Waals surface area contributed by atoms with Gasteiger partial charge in [0.1, 0.15) is 6.04 Å². The molecule has 3 rings (SSSR count). The zero-order valence-corrected chi connectivity index (χ0v) is 17.8. The summed E-state index contributed by atoms with van der Waals surface area (Å²) in [5.74, 6) is -0.670. The molecule has 1 aliphatic carbocycles. The van der Waals surface area contributed by atoms with E-state index >= 15 is 0 Å². The average molecular weight is 437 g/mol. The molecular formula is C21H31N3O7. The van der Waals surface area contributed by atoms with Gasteiger partial charge in [0, 0.05) is 24.7 Å². The van der Waals surface area contributed by atoms with Crippen LogP contribution in [0.1, 0.15) is 39.5 Å². The number of aliphatic carboxylic acids is 2. The van der Waals surface area contributed by atoms with Crippen LogP contribution in [0.4, 0.5) is 0 Å². The van der Waals surface area contributed by atoms with E-state index in [4.69, 9.17) is 30.7 Å². The van der Waals surface area contributed by atoms with E-state index in [9.17, 15) is 14.4 Å². The Morgan fingerprint density at radius 1 is 1.16 bits per heavy atom.